The molecule has 0 saturated heterocycles. The van der Waals surface area contributed by atoms with Crippen molar-refractivity contribution in [2.45, 2.75) is 25.9 Å². The van der Waals surface area contributed by atoms with E-state index in [1.54, 1.807) is 12.2 Å². The second-order valence-corrected chi connectivity index (χ2v) is 2.14. The molecule has 1 N–H and O–H groups in total. The van der Waals surface area contributed by atoms with Crippen molar-refractivity contribution >= 4 is 18.3 Å². The van der Waals surface area contributed by atoms with Crippen molar-refractivity contribution in [2.24, 2.45) is 0 Å². The number of carbonyl (C=O) groups excluding carboxylic acids is 1. The van der Waals surface area contributed by atoms with Crippen molar-refractivity contribution in [3.05, 3.63) is 0 Å². The summed E-state index contributed by atoms with van der Waals surface area (Å²) in [6, 6.07) is 0. The van der Waals surface area contributed by atoms with Crippen LogP contribution in [0.3, 0.4) is 0 Å². The van der Waals surface area contributed by atoms with Gasteiger partial charge in [0.15, 0.2) is 0 Å². The highest BCUT2D eigenvalue weighted by molar-refractivity contribution is 5.85. The number of nitrogens with one attached hydrogen (secondary N) is 1. The van der Waals surface area contributed by atoms with E-state index in [1.807, 2.05) is 0 Å². The van der Waals surface area contributed by atoms with Crippen LogP contribution in [0, 0.1) is 0 Å². The number of halogens is 4. The van der Waals surface area contributed by atoms with Gasteiger partial charge in [0.1, 0.15) is 6.54 Å². The minimum Gasteiger partial charge on any atom is -0.347 e. The van der Waals surface area contributed by atoms with Crippen LogP contribution in [0.1, 0.15) is 19.8 Å². The monoisotopic (exact) mass is 205 g/mol. The molecular formula is C6H11ClF3NO. The van der Waals surface area contributed by atoms with Crippen molar-refractivity contribution in [2.75, 3.05) is 6.54 Å². The summed E-state index contributed by atoms with van der Waals surface area (Å²) >= 11 is 0. The van der Waals surface area contributed by atoms with Gasteiger partial charge in [0.05, 0.1) is 0 Å². The lowest BCUT2D eigenvalue weighted by Crippen LogP contribution is -2.33. The van der Waals surface area contributed by atoms with E-state index < -0.39 is 18.6 Å². The van der Waals surface area contributed by atoms with E-state index in [0.717, 1.165) is 0 Å². The standard InChI is InChI=1S/C6H10F3NO.ClH/c1-2-3-5(11)10-4-6(7,8)9;/h2-4H2,1H3,(H,10,11);1H. The molecule has 0 aromatic rings. The zero-order valence-electron chi connectivity index (χ0n) is 6.57. The minimum atomic E-state index is -4.30. The van der Waals surface area contributed by atoms with Crippen LogP contribution in [0.25, 0.3) is 0 Å². The maximum atomic E-state index is 11.4. The molecule has 12 heavy (non-hydrogen) atoms. The van der Waals surface area contributed by atoms with E-state index in [4.69, 9.17) is 0 Å². The molecule has 0 aromatic heterocycles. The maximum absolute atomic E-state index is 11.4. The average molecular weight is 206 g/mol. The zero-order valence-corrected chi connectivity index (χ0v) is 7.39. The Labute approximate surface area is 74.9 Å². The summed E-state index contributed by atoms with van der Waals surface area (Å²) in [6.07, 6.45) is -3.59. The number of rotatable bonds is 3. The van der Waals surface area contributed by atoms with E-state index in [9.17, 15) is 18.0 Å². The number of hydrogen-bond acceptors (Lipinski definition) is 1. The molecule has 2 nitrogen and oxygen atoms in total. The third-order valence-corrected chi connectivity index (χ3v) is 0.963. The molecule has 0 bridgehead atoms. The van der Waals surface area contributed by atoms with Crippen LogP contribution in [-0.2, 0) is 4.79 Å². The Balaban J connectivity index is 0. The second-order valence-electron chi connectivity index (χ2n) is 2.14. The van der Waals surface area contributed by atoms with Crippen molar-refractivity contribution in [3.8, 4) is 0 Å². The summed E-state index contributed by atoms with van der Waals surface area (Å²) in [5, 5.41) is 1.76. The van der Waals surface area contributed by atoms with Crippen LogP contribution in [0.2, 0.25) is 0 Å². The Morgan fingerprint density at radius 1 is 1.42 bits per heavy atom. The number of alkyl halides is 3. The van der Waals surface area contributed by atoms with E-state index in [0.29, 0.717) is 6.42 Å². The molecule has 0 saturated carbocycles. The van der Waals surface area contributed by atoms with Crippen LogP contribution < -0.4 is 5.32 Å². The Morgan fingerprint density at radius 3 is 2.25 bits per heavy atom. The van der Waals surface area contributed by atoms with Crippen LogP contribution in [0.15, 0.2) is 0 Å². The quantitative estimate of drug-likeness (QED) is 0.749. The fourth-order valence-corrected chi connectivity index (χ4v) is 0.514. The molecule has 1 amide bonds. The molecule has 0 atom stereocenters. The summed E-state index contributed by atoms with van der Waals surface area (Å²) < 4.78 is 34.3. The first kappa shape index (κ1) is 14.1. The molecule has 0 rings (SSSR count). The molecule has 0 spiro atoms. The number of carbonyl (C=O) groups is 1. The summed E-state index contributed by atoms with van der Waals surface area (Å²) in [6.45, 7) is 0.499. The van der Waals surface area contributed by atoms with Gasteiger partial charge < -0.3 is 5.32 Å². The molecule has 0 unspecified atom stereocenters. The number of hydrogen-bond donors (Lipinski definition) is 1. The van der Waals surface area contributed by atoms with E-state index in [1.165, 1.54) is 0 Å². The van der Waals surface area contributed by atoms with Crippen molar-refractivity contribution in [1.82, 2.24) is 5.32 Å². The summed E-state index contributed by atoms with van der Waals surface area (Å²) in [5.74, 6) is -0.551. The van der Waals surface area contributed by atoms with Gasteiger partial charge in [-0.3, -0.25) is 4.79 Å². The fourth-order valence-electron chi connectivity index (χ4n) is 0.514. The van der Waals surface area contributed by atoms with Crippen molar-refractivity contribution in [1.29, 1.82) is 0 Å². The van der Waals surface area contributed by atoms with Gasteiger partial charge in [0.2, 0.25) is 5.91 Å². The molecule has 0 heterocycles. The Morgan fingerprint density at radius 2 is 1.92 bits per heavy atom. The highest BCUT2D eigenvalue weighted by Crippen LogP contribution is 2.12. The molecule has 0 aliphatic carbocycles. The Hall–Kier alpha value is -0.450. The lowest BCUT2D eigenvalue weighted by atomic mass is 10.3. The molecule has 0 aromatic carbocycles. The smallest absolute Gasteiger partial charge is 0.347 e. The molecule has 6 heteroatoms. The maximum Gasteiger partial charge on any atom is 0.405 e. The average Bonchev–Trinajstić information content (AvgIpc) is 1.83. The first-order chi connectivity index (χ1) is 4.95. The first-order valence-corrected chi connectivity index (χ1v) is 3.29. The lowest BCUT2D eigenvalue weighted by Gasteiger charge is -2.06. The van der Waals surface area contributed by atoms with Gasteiger partial charge in [-0.15, -0.1) is 12.4 Å². The SMILES string of the molecule is CCCC(=O)NCC(F)(F)F.Cl. The third-order valence-electron chi connectivity index (χ3n) is 0.963. The van der Waals surface area contributed by atoms with Crippen LogP contribution in [-0.4, -0.2) is 18.6 Å². The fraction of sp³-hybridized carbons (Fsp3) is 0.833. The third kappa shape index (κ3) is 9.55. The molecule has 0 radical (unpaired) electrons. The van der Waals surface area contributed by atoms with Gasteiger partial charge in [-0.1, -0.05) is 6.92 Å². The van der Waals surface area contributed by atoms with Gasteiger partial charge in [-0.25, -0.2) is 0 Å². The van der Waals surface area contributed by atoms with Gasteiger partial charge in [0, 0.05) is 6.42 Å². The van der Waals surface area contributed by atoms with E-state index >= 15 is 0 Å². The van der Waals surface area contributed by atoms with Crippen LogP contribution >= 0.6 is 12.4 Å². The first-order valence-electron chi connectivity index (χ1n) is 3.29. The van der Waals surface area contributed by atoms with Gasteiger partial charge in [0.25, 0.3) is 0 Å². The summed E-state index contributed by atoms with van der Waals surface area (Å²) in [7, 11) is 0. The molecule has 0 aliphatic rings. The summed E-state index contributed by atoms with van der Waals surface area (Å²) in [4.78, 5) is 10.5. The molecule has 0 aliphatic heterocycles. The zero-order chi connectivity index (χ0) is 8.91. The normalized spacial score (nSPS) is 10.3. The topological polar surface area (TPSA) is 29.1 Å². The van der Waals surface area contributed by atoms with E-state index in [-0.39, 0.29) is 18.8 Å². The highest BCUT2D eigenvalue weighted by atomic mass is 35.5. The predicted octanol–water partition coefficient (Wildman–Crippen LogP) is 1.89. The van der Waals surface area contributed by atoms with Gasteiger partial charge >= 0.3 is 6.18 Å². The molecule has 0 fully saturated rings. The lowest BCUT2D eigenvalue weighted by molar-refractivity contribution is -0.138. The minimum absolute atomic E-state index is 0. The van der Waals surface area contributed by atoms with Gasteiger partial charge in [-0.2, -0.15) is 13.2 Å². The second kappa shape index (κ2) is 6.11. The van der Waals surface area contributed by atoms with Crippen molar-refractivity contribution < 1.29 is 18.0 Å². The summed E-state index contributed by atoms with van der Waals surface area (Å²) in [5.41, 5.74) is 0. The predicted molar refractivity (Wildman–Crippen MR) is 41.2 cm³/mol. The Bertz CT molecular complexity index is 137. The van der Waals surface area contributed by atoms with Crippen LogP contribution in [0.5, 0.6) is 0 Å². The Kier molecular flexibility index (Phi) is 7.18. The highest BCUT2D eigenvalue weighted by Gasteiger charge is 2.27. The van der Waals surface area contributed by atoms with Gasteiger partial charge in [-0.05, 0) is 6.42 Å². The molecule has 74 valence electrons. The van der Waals surface area contributed by atoms with Crippen LogP contribution in [0.4, 0.5) is 13.2 Å². The molecular weight excluding hydrogens is 195 g/mol. The van der Waals surface area contributed by atoms with E-state index in [2.05, 4.69) is 0 Å². The number of amides is 1. The van der Waals surface area contributed by atoms with Crippen molar-refractivity contribution in [3.63, 3.8) is 0 Å². The largest absolute Gasteiger partial charge is 0.405 e.